The Morgan fingerprint density at radius 3 is 2.71 bits per heavy atom. The van der Waals surface area contributed by atoms with E-state index >= 15 is 0 Å². The molecule has 0 aliphatic carbocycles. The van der Waals surface area contributed by atoms with Gasteiger partial charge in [0.1, 0.15) is 5.60 Å². The lowest BCUT2D eigenvalue weighted by molar-refractivity contribution is -0.137. The molecule has 0 saturated heterocycles. The Morgan fingerprint density at radius 2 is 2.04 bits per heavy atom. The molecule has 2 N–H and O–H groups in total. The van der Waals surface area contributed by atoms with Crippen LogP contribution in [0.4, 0.5) is 9.93 Å². The monoisotopic (exact) mass is 355 g/mol. The molecule has 7 nitrogen and oxygen atoms in total. The zero-order chi connectivity index (χ0) is 17.7. The summed E-state index contributed by atoms with van der Waals surface area (Å²) in [6.07, 6.45) is 2.08. The van der Waals surface area contributed by atoms with Gasteiger partial charge in [0.25, 0.3) is 0 Å². The number of nitrogens with one attached hydrogen (secondary N) is 1. The van der Waals surface area contributed by atoms with E-state index in [2.05, 4.69) is 15.2 Å². The Kier molecular flexibility index (Phi) is 6.17. The number of carbonyl (C=O) groups excluding carboxylic acids is 1. The maximum Gasteiger partial charge on any atom is 0.413 e. The van der Waals surface area contributed by atoms with Gasteiger partial charge < -0.3 is 14.7 Å². The number of amides is 1. The standard InChI is InChI=1S/C16H25N3O4S/c1-16(2,3)23-15(22)18-14-17-11-6-9-19(8-4-5-13(20)21)10-7-12(11)24-14/h4-10H2,1-3H3,(H,20,21)(H,17,18,22). The van der Waals surface area contributed by atoms with Crippen LogP contribution in [0.5, 0.6) is 0 Å². The number of ether oxygens (including phenoxy) is 1. The molecular weight excluding hydrogens is 330 g/mol. The summed E-state index contributed by atoms with van der Waals surface area (Å²) < 4.78 is 5.24. The number of fused-ring (bicyclic) bond motifs is 1. The van der Waals surface area contributed by atoms with E-state index < -0.39 is 17.7 Å². The highest BCUT2D eigenvalue weighted by molar-refractivity contribution is 7.15. The van der Waals surface area contributed by atoms with Crippen LogP contribution in [-0.4, -0.2) is 52.3 Å². The van der Waals surface area contributed by atoms with Crippen molar-refractivity contribution in [3.8, 4) is 0 Å². The van der Waals surface area contributed by atoms with Gasteiger partial charge in [0.2, 0.25) is 0 Å². The van der Waals surface area contributed by atoms with Gasteiger partial charge in [-0.3, -0.25) is 10.1 Å². The number of hydrogen-bond donors (Lipinski definition) is 2. The fraction of sp³-hybridized carbons (Fsp3) is 0.688. The van der Waals surface area contributed by atoms with Crippen molar-refractivity contribution in [3.63, 3.8) is 0 Å². The quantitative estimate of drug-likeness (QED) is 0.844. The fourth-order valence-corrected chi connectivity index (χ4v) is 3.51. The molecule has 1 amide bonds. The molecule has 0 aromatic carbocycles. The van der Waals surface area contributed by atoms with Gasteiger partial charge in [0, 0.05) is 30.8 Å². The number of nitrogens with zero attached hydrogens (tertiary/aromatic N) is 2. The molecular formula is C16H25N3O4S. The normalized spacial score (nSPS) is 15.5. The molecule has 2 rings (SSSR count). The minimum Gasteiger partial charge on any atom is -0.481 e. The van der Waals surface area contributed by atoms with Crippen LogP contribution >= 0.6 is 11.3 Å². The van der Waals surface area contributed by atoms with E-state index in [0.717, 1.165) is 38.2 Å². The summed E-state index contributed by atoms with van der Waals surface area (Å²) in [6, 6.07) is 0. The SMILES string of the molecule is CC(C)(C)OC(=O)Nc1nc2c(s1)CCN(CCCC(=O)O)CC2. The van der Waals surface area contributed by atoms with E-state index in [9.17, 15) is 9.59 Å². The first-order chi connectivity index (χ1) is 11.2. The van der Waals surface area contributed by atoms with Gasteiger partial charge in [0.15, 0.2) is 5.13 Å². The lowest BCUT2D eigenvalue weighted by atomic mass is 10.2. The van der Waals surface area contributed by atoms with Crippen molar-refractivity contribution in [2.75, 3.05) is 25.0 Å². The summed E-state index contributed by atoms with van der Waals surface area (Å²) in [5, 5.41) is 12.0. The fourth-order valence-electron chi connectivity index (χ4n) is 2.53. The predicted molar refractivity (Wildman–Crippen MR) is 92.7 cm³/mol. The van der Waals surface area contributed by atoms with E-state index in [0.29, 0.717) is 11.6 Å². The molecule has 1 aliphatic heterocycles. The molecule has 0 unspecified atom stereocenters. The molecule has 1 aromatic rings. The Bertz CT molecular complexity index is 569. The van der Waals surface area contributed by atoms with E-state index in [1.807, 2.05) is 20.8 Å². The minimum atomic E-state index is -0.747. The number of carboxylic acid groups (broad SMARTS) is 1. The number of aromatic nitrogens is 1. The van der Waals surface area contributed by atoms with E-state index in [4.69, 9.17) is 9.84 Å². The second kappa shape index (κ2) is 7.94. The highest BCUT2D eigenvalue weighted by Crippen LogP contribution is 2.27. The van der Waals surface area contributed by atoms with Crippen molar-refractivity contribution in [2.45, 2.75) is 52.1 Å². The molecule has 0 bridgehead atoms. The molecule has 8 heteroatoms. The smallest absolute Gasteiger partial charge is 0.413 e. The largest absolute Gasteiger partial charge is 0.481 e. The predicted octanol–water partition coefficient (Wildman–Crippen LogP) is 2.76. The van der Waals surface area contributed by atoms with Crippen molar-refractivity contribution in [1.29, 1.82) is 0 Å². The van der Waals surface area contributed by atoms with Gasteiger partial charge >= 0.3 is 12.1 Å². The molecule has 2 heterocycles. The Labute approximate surface area is 146 Å². The molecule has 1 aromatic heterocycles. The number of rotatable bonds is 5. The Morgan fingerprint density at radius 1 is 1.33 bits per heavy atom. The number of aliphatic carboxylic acids is 1. The van der Waals surface area contributed by atoms with Gasteiger partial charge in [-0.2, -0.15) is 0 Å². The Balaban J connectivity index is 1.86. The third-order valence-corrected chi connectivity index (χ3v) is 4.64. The summed E-state index contributed by atoms with van der Waals surface area (Å²) in [4.78, 5) is 30.4. The van der Waals surface area contributed by atoms with Crippen LogP contribution in [0.25, 0.3) is 0 Å². The van der Waals surface area contributed by atoms with Crippen molar-refractivity contribution in [3.05, 3.63) is 10.6 Å². The first kappa shape index (κ1) is 18.7. The van der Waals surface area contributed by atoms with Gasteiger partial charge in [0.05, 0.1) is 5.69 Å². The summed E-state index contributed by atoms with van der Waals surface area (Å²) in [7, 11) is 0. The first-order valence-corrected chi connectivity index (χ1v) is 8.97. The highest BCUT2D eigenvalue weighted by Gasteiger charge is 2.21. The van der Waals surface area contributed by atoms with E-state index in [1.54, 1.807) is 0 Å². The van der Waals surface area contributed by atoms with E-state index in [1.165, 1.54) is 16.2 Å². The summed E-state index contributed by atoms with van der Waals surface area (Å²) in [5.41, 5.74) is 0.487. The number of anilines is 1. The molecule has 1 aliphatic rings. The maximum atomic E-state index is 11.8. The van der Waals surface area contributed by atoms with Crippen molar-refractivity contribution < 1.29 is 19.4 Å². The molecule has 0 spiro atoms. The molecule has 0 saturated carbocycles. The minimum absolute atomic E-state index is 0.209. The van der Waals surface area contributed by atoms with Gasteiger partial charge in [-0.25, -0.2) is 9.78 Å². The van der Waals surface area contributed by atoms with Gasteiger partial charge in [-0.05, 0) is 40.2 Å². The van der Waals surface area contributed by atoms with Crippen molar-refractivity contribution in [1.82, 2.24) is 9.88 Å². The number of thiazole rings is 1. The van der Waals surface area contributed by atoms with Crippen LogP contribution in [0.2, 0.25) is 0 Å². The summed E-state index contributed by atoms with van der Waals surface area (Å²) in [6.45, 7) is 8.01. The van der Waals surface area contributed by atoms with Crippen LogP contribution < -0.4 is 5.32 Å². The number of hydrogen-bond acceptors (Lipinski definition) is 6. The average molecular weight is 355 g/mol. The first-order valence-electron chi connectivity index (χ1n) is 8.15. The maximum absolute atomic E-state index is 11.8. The second-order valence-electron chi connectivity index (χ2n) is 6.85. The van der Waals surface area contributed by atoms with Crippen LogP contribution in [0, 0.1) is 0 Å². The third kappa shape index (κ3) is 6.09. The highest BCUT2D eigenvalue weighted by atomic mass is 32.1. The van der Waals surface area contributed by atoms with Crippen LogP contribution in [0.1, 0.15) is 44.2 Å². The molecule has 24 heavy (non-hydrogen) atoms. The average Bonchev–Trinajstić information content (AvgIpc) is 2.71. The van der Waals surface area contributed by atoms with E-state index in [-0.39, 0.29) is 6.42 Å². The third-order valence-electron chi connectivity index (χ3n) is 3.57. The summed E-state index contributed by atoms with van der Waals surface area (Å²) >= 11 is 1.49. The zero-order valence-corrected chi connectivity index (χ0v) is 15.2. The topological polar surface area (TPSA) is 91.8 Å². The number of carbonyl (C=O) groups is 2. The van der Waals surface area contributed by atoms with Gasteiger partial charge in [-0.1, -0.05) is 0 Å². The lowest BCUT2D eigenvalue weighted by Crippen LogP contribution is -2.28. The molecule has 0 radical (unpaired) electrons. The second-order valence-corrected chi connectivity index (χ2v) is 7.94. The van der Waals surface area contributed by atoms with Crippen LogP contribution in [0.3, 0.4) is 0 Å². The van der Waals surface area contributed by atoms with Crippen LogP contribution in [0.15, 0.2) is 0 Å². The van der Waals surface area contributed by atoms with Crippen molar-refractivity contribution in [2.24, 2.45) is 0 Å². The Hall–Kier alpha value is -1.67. The van der Waals surface area contributed by atoms with Crippen LogP contribution in [-0.2, 0) is 22.4 Å². The molecule has 0 fully saturated rings. The zero-order valence-electron chi connectivity index (χ0n) is 14.4. The van der Waals surface area contributed by atoms with Crippen molar-refractivity contribution >= 4 is 28.5 Å². The molecule has 0 atom stereocenters. The summed E-state index contributed by atoms with van der Waals surface area (Å²) in [5.74, 6) is -0.747. The number of carboxylic acids is 1. The lowest BCUT2D eigenvalue weighted by Gasteiger charge is -2.19. The molecule has 134 valence electrons. The van der Waals surface area contributed by atoms with Gasteiger partial charge in [-0.15, -0.1) is 11.3 Å².